The lowest BCUT2D eigenvalue weighted by atomic mass is 10.1. The summed E-state index contributed by atoms with van der Waals surface area (Å²) in [6.07, 6.45) is -8.50. The van der Waals surface area contributed by atoms with E-state index in [4.69, 9.17) is 30.0 Å². The number of hydrogen-bond acceptors (Lipinski definition) is 16. The number of aromatic nitrogens is 7. The Morgan fingerprint density at radius 3 is 2.55 bits per heavy atom. The van der Waals surface area contributed by atoms with Crippen LogP contribution in [-0.4, -0.2) is 109 Å². The summed E-state index contributed by atoms with van der Waals surface area (Å²) in [4.78, 5) is 40.5. The Bertz CT molecular complexity index is 1800. The van der Waals surface area contributed by atoms with Gasteiger partial charge in [0.15, 0.2) is 35.1 Å². The van der Waals surface area contributed by atoms with Crippen LogP contribution in [0, 0.1) is 5.82 Å². The van der Waals surface area contributed by atoms with Crippen LogP contribution in [0.5, 0.6) is 0 Å². The molecule has 44 heavy (non-hydrogen) atoms. The van der Waals surface area contributed by atoms with E-state index in [1.165, 1.54) is 0 Å². The number of hydrogen-bond donors (Lipinski definition) is 8. The third kappa shape index (κ3) is 5.21. The van der Waals surface area contributed by atoms with E-state index in [0.717, 1.165) is 28.0 Å². The molecule has 6 heterocycles. The minimum Gasteiger partial charge on any atom is -0.394 e. The van der Waals surface area contributed by atoms with Gasteiger partial charge in [0.1, 0.15) is 42.7 Å². The van der Waals surface area contributed by atoms with Crippen molar-refractivity contribution in [2.24, 2.45) is 0 Å². The molecule has 0 aromatic carbocycles. The Labute approximate surface area is 244 Å². The molecule has 0 amide bonds. The highest BCUT2D eigenvalue weighted by molar-refractivity contribution is 7.47. The van der Waals surface area contributed by atoms with Gasteiger partial charge >= 0.3 is 7.82 Å². The zero-order valence-corrected chi connectivity index (χ0v) is 23.2. The van der Waals surface area contributed by atoms with Crippen LogP contribution in [0.15, 0.2) is 23.6 Å². The number of nitrogen functional groups attached to an aromatic ring is 2. The summed E-state index contributed by atoms with van der Waals surface area (Å²) in [5, 5.41) is 41.4. The van der Waals surface area contributed by atoms with Crippen LogP contribution in [-0.2, 0) is 23.1 Å². The number of phosphoric acid groups is 1. The number of anilines is 2. The predicted molar refractivity (Wildman–Crippen MR) is 143 cm³/mol. The molecule has 22 heteroatoms. The second-order valence-corrected chi connectivity index (χ2v) is 11.5. The summed E-state index contributed by atoms with van der Waals surface area (Å²) in [5.74, 6) is -1.17. The smallest absolute Gasteiger partial charge is 0.394 e. The maximum Gasteiger partial charge on any atom is 0.472 e. The van der Waals surface area contributed by atoms with Gasteiger partial charge < -0.3 is 50.8 Å². The van der Waals surface area contributed by atoms with Crippen LogP contribution in [0.1, 0.15) is 18.9 Å². The van der Waals surface area contributed by atoms with Gasteiger partial charge in [-0.3, -0.25) is 23.4 Å². The van der Waals surface area contributed by atoms with Crippen molar-refractivity contribution in [2.45, 2.75) is 55.5 Å². The van der Waals surface area contributed by atoms with Crippen LogP contribution >= 0.6 is 7.82 Å². The minimum atomic E-state index is -4.99. The number of fused-ring (bicyclic) bond motifs is 2. The first-order valence-electron chi connectivity index (χ1n) is 13.0. The fourth-order valence-electron chi connectivity index (χ4n) is 5.26. The van der Waals surface area contributed by atoms with Crippen molar-refractivity contribution in [3.8, 4) is 0 Å². The standard InChI is InChI=1S/C22H27FN9O11P/c23-7-3-31(17-10(7)16(24)26-5-27-17)20-14(36)12(34)8(41-20)1-2-40-44(38,39)43-15-13(35)9(4-33)42-21(15)32-6-28-11-18(32)29-22(25)30-19(11)37/h3,5-6,8-9,12-15,20-21,33-36H,1-2,4H2,(H,38,39)(H2,24,26,27)(H3,25,29,30,37)/t8-,9-,12-,13-,14-,15-,20-,21-/m1/s1. The van der Waals surface area contributed by atoms with E-state index in [1.807, 2.05) is 0 Å². The van der Waals surface area contributed by atoms with Crippen molar-refractivity contribution in [1.82, 2.24) is 34.1 Å². The molecule has 20 nitrogen and oxygen atoms in total. The van der Waals surface area contributed by atoms with Crippen molar-refractivity contribution in [1.29, 1.82) is 0 Å². The largest absolute Gasteiger partial charge is 0.472 e. The molecule has 2 aliphatic rings. The van der Waals surface area contributed by atoms with Crippen molar-refractivity contribution in [3.63, 3.8) is 0 Å². The maximum atomic E-state index is 14.5. The van der Waals surface area contributed by atoms with Crippen LogP contribution in [0.2, 0.25) is 0 Å². The number of aliphatic hydroxyl groups is 4. The summed E-state index contributed by atoms with van der Waals surface area (Å²) < 4.78 is 51.3. The molecule has 4 aromatic rings. The Morgan fingerprint density at radius 1 is 1.05 bits per heavy atom. The second kappa shape index (κ2) is 11.4. The van der Waals surface area contributed by atoms with E-state index in [9.17, 15) is 39.1 Å². The van der Waals surface area contributed by atoms with Crippen molar-refractivity contribution >= 4 is 41.8 Å². The number of aromatic amines is 1. The highest BCUT2D eigenvalue weighted by atomic mass is 31.2. The van der Waals surface area contributed by atoms with Gasteiger partial charge in [-0.2, -0.15) is 4.98 Å². The van der Waals surface area contributed by atoms with E-state index < -0.39 is 81.5 Å². The first-order valence-corrected chi connectivity index (χ1v) is 14.5. The number of nitrogens with one attached hydrogen (secondary N) is 1. The van der Waals surface area contributed by atoms with E-state index in [0.29, 0.717) is 0 Å². The SMILES string of the molecule is Nc1nc2c(ncn2[C@@H]2O[C@H](CO)[C@@H](O)[C@H]2OP(=O)(O)OCC[C@H]2O[C@@H](n3cc(F)c4c(N)ncnc43)[C@H](O)[C@@H]2O)c(=O)[nH]1. The first-order chi connectivity index (χ1) is 20.9. The van der Waals surface area contributed by atoms with Crippen molar-refractivity contribution < 1.29 is 52.8 Å². The Hall–Kier alpha value is -3.63. The normalized spacial score (nSPS) is 30.4. The predicted octanol–water partition coefficient (Wildman–Crippen LogP) is -2.37. The van der Waals surface area contributed by atoms with E-state index in [2.05, 4.69) is 24.9 Å². The average molecular weight is 643 g/mol. The molecule has 0 radical (unpaired) electrons. The van der Waals surface area contributed by atoms with Crippen LogP contribution in [0.4, 0.5) is 16.2 Å². The van der Waals surface area contributed by atoms with Crippen LogP contribution in [0.3, 0.4) is 0 Å². The summed E-state index contributed by atoms with van der Waals surface area (Å²) in [6, 6.07) is 0. The maximum absolute atomic E-state index is 14.5. The van der Waals surface area contributed by atoms with Gasteiger partial charge in [0.05, 0.1) is 31.0 Å². The number of nitrogens with zero attached hydrogens (tertiary/aromatic N) is 6. The molecule has 238 valence electrons. The third-order valence-corrected chi connectivity index (χ3v) is 8.35. The molecule has 0 aliphatic carbocycles. The van der Waals surface area contributed by atoms with Crippen molar-refractivity contribution in [2.75, 3.05) is 24.7 Å². The fourth-order valence-corrected chi connectivity index (χ4v) is 6.19. The molecule has 2 aliphatic heterocycles. The molecule has 0 saturated carbocycles. The van der Waals surface area contributed by atoms with E-state index in [-0.39, 0.29) is 40.4 Å². The topological polar surface area (TPSA) is 301 Å². The molecule has 0 bridgehead atoms. The lowest BCUT2D eigenvalue weighted by molar-refractivity contribution is -0.0529. The van der Waals surface area contributed by atoms with Gasteiger partial charge in [0.2, 0.25) is 5.95 Å². The van der Waals surface area contributed by atoms with Crippen LogP contribution < -0.4 is 17.0 Å². The summed E-state index contributed by atoms with van der Waals surface area (Å²) >= 11 is 0. The number of aliphatic hydroxyl groups excluding tert-OH is 4. The van der Waals surface area contributed by atoms with Gasteiger partial charge in [-0.25, -0.2) is 23.9 Å². The molecule has 0 spiro atoms. The summed E-state index contributed by atoms with van der Waals surface area (Å²) in [6.45, 7) is -1.25. The number of rotatable bonds is 9. The molecule has 2 saturated heterocycles. The van der Waals surface area contributed by atoms with Crippen LogP contribution in [0.25, 0.3) is 22.2 Å². The van der Waals surface area contributed by atoms with Gasteiger partial charge in [-0.05, 0) is 0 Å². The lowest BCUT2D eigenvalue weighted by Crippen LogP contribution is -2.35. The fraction of sp³-hybridized carbons (Fsp3) is 0.500. The first kappa shape index (κ1) is 30.4. The monoisotopic (exact) mass is 643 g/mol. The van der Waals surface area contributed by atoms with Gasteiger partial charge in [-0.15, -0.1) is 0 Å². The third-order valence-electron chi connectivity index (χ3n) is 7.33. The number of imidazole rings is 1. The minimum absolute atomic E-state index is 0.0117. The molecule has 4 aromatic heterocycles. The Morgan fingerprint density at radius 2 is 1.80 bits per heavy atom. The number of phosphoric ester groups is 1. The molecule has 2 fully saturated rings. The average Bonchev–Trinajstić information content (AvgIpc) is 3.69. The molecule has 10 N–H and O–H groups in total. The quantitative estimate of drug-likeness (QED) is 0.0884. The Kier molecular flexibility index (Phi) is 7.86. The lowest BCUT2D eigenvalue weighted by Gasteiger charge is -2.24. The summed E-state index contributed by atoms with van der Waals surface area (Å²) in [5.41, 5.74) is 10.4. The van der Waals surface area contributed by atoms with Gasteiger partial charge in [0.25, 0.3) is 5.56 Å². The molecule has 1 unspecified atom stereocenters. The zero-order chi connectivity index (χ0) is 31.5. The number of nitrogens with two attached hydrogens (primary N) is 2. The molecule has 9 atom stereocenters. The van der Waals surface area contributed by atoms with E-state index in [1.54, 1.807) is 0 Å². The molecular weight excluding hydrogens is 616 g/mol. The van der Waals surface area contributed by atoms with Gasteiger partial charge in [-0.1, -0.05) is 0 Å². The van der Waals surface area contributed by atoms with E-state index >= 15 is 0 Å². The summed E-state index contributed by atoms with van der Waals surface area (Å²) in [7, 11) is -4.99. The number of ether oxygens (including phenoxy) is 2. The number of halogens is 1. The molecule has 6 rings (SSSR count). The van der Waals surface area contributed by atoms with Crippen molar-refractivity contribution in [3.05, 3.63) is 35.0 Å². The molecular formula is C22H27FN9O11P. The second-order valence-electron chi connectivity index (χ2n) is 10.1. The number of H-pyrrole nitrogens is 1. The Balaban J connectivity index is 1.14. The zero-order valence-electron chi connectivity index (χ0n) is 22.3. The highest BCUT2D eigenvalue weighted by Gasteiger charge is 2.50. The van der Waals surface area contributed by atoms with Gasteiger partial charge in [0, 0.05) is 12.6 Å². The highest BCUT2D eigenvalue weighted by Crippen LogP contribution is 2.49.